The van der Waals surface area contributed by atoms with Gasteiger partial charge in [0.25, 0.3) is 0 Å². The second kappa shape index (κ2) is 9.03. The van der Waals surface area contributed by atoms with Gasteiger partial charge in [0.1, 0.15) is 12.4 Å². The predicted molar refractivity (Wildman–Crippen MR) is 110 cm³/mol. The van der Waals surface area contributed by atoms with E-state index in [4.69, 9.17) is 4.74 Å². The first-order valence-corrected chi connectivity index (χ1v) is 9.94. The van der Waals surface area contributed by atoms with E-state index in [2.05, 4.69) is 10.2 Å². The Labute approximate surface area is 168 Å². The molecule has 0 aliphatic rings. The molecule has 0 bridgehead atoms. The van der Waals surface area contributed by atoms with Crippen LogP contribution in [-0.4, -0.2) is 44.1 Å². The van der Waals surface area contributed by atoms with Crippen molar-refractivity contribution < 1.29 is 14.6 Å². The number of hydrogen-bond donors (Lipinski definition) is 1. The smallest absolute Gasteiger partial charge is 0.191 e. The van der Waals surface area contributed by atoms with Crippen molar-refractivity contribution in [3.8, 4) is 17.1 Å². The zero-order chi connectivity index (χ0) is 20.1. The molecule has 1 unspecified atom stereocenters. The fourth-order valence-corrected chi connectivity index (χ4v) is 3.51. The highest BCUT2D eigenvalue weighted by Gasteiger charge is 2.15. The number of nitrogens with zero attached hydrogens (tertiary/aromatic N) is 3. The maximum Gasteiger partial charge on any atom is 0.191 e. The standard InChI is InChI=1S/C21H23N3O3S/c1-14-6-4-5-7-19(14)20-22-23-21(24(20)3)28-13-17(26)12-27-18-10-8-16(9-11-18)15(2)25/h4-11,17,26H,12-13H2,1-3H3. The molecule has 7 heteroatoms. The van der Waals surface area contributed by atoms with Crippen molar-refractivity contribution in [2.75, 3.05) is 12.4 Å². The van der Waals surface area contributed by atoms with Crippen LogP contribution in [0, 0.1) is 6.92 Å². The number of aromatic nitrogens is 3. The van der Waals surface area contributed by atoms with Crippen LogP contribution in [0.1, 0.15) is 22.8 Å². The molecule has 1 heterocycles. The quantitative estimate of drug-likeness (QED) is 0.463. The summed E-state index contributed by atoms with van der Waals surface area (Å²) >= 11 is 1.43. The third-order valence-electron chi connectivity index (χ3n) is 4.33. The molecule has 0 spiro atoms. The van der Waals surface area contributed by atoms with Crippen molar-refractivity contribution in [1.29, 1.82) is 0 Å². The lowest BCUT2D eigenvalue weighted by molar-refractivity contribution is 0.101. The molecule has 0 saturated carbocycles. The Balaban J connectivity index is 1.54. The van der Waals surface area contributed by atoms with Gasteiger partial charge >= 0.3 is 0 Å². The van der Waals surface area contributed by atoms with E-state index >= 15 is 0 Å². The van der Waals surface area contributed by atoms with Crippen LogP contribution < -0.4 is 4.74 Å². The zero-order valence-electron chi connectivity index (χ0n) is 16.1. The third-order valence-corrected chi connectivity index (χ3v) is 5.49. The van der Waals surface area contributed by atoms with Crippen LogP contribution in [0.4, 0.5) is 0 Å². The highest BCUT2D eigenvalue weighted by Crippen LogP contribution is 2.25. The lowest BCUT2D eigenvalue weighted by Gasteiger charge is -2.12. The van der Waals surface area contributed by atoms with Crippen molar-refractivity contribution in [3.05, 3.63) is 59.7 Å². The number of carbonyl (C=O) groups excluding carboxylic acids is 1. The fraction of sp³-hybridized carbons (Fsp3) is 0.286. The first kappa shape index (κ1) is 20.1. The second-order valence-corrected chi connectivity index (χ2v) is 7.52. The normalized spacial score (nSPS) is 12.0. The Morgan fingerprint density at radius 2 is 1.89 bits per heavy atom. The zero-order valence-corrected chi connectivity index (χ0v) is 16.9. The first-order chi connectivity index (χ1) is 13.5. The summed E-state index contributed by atoms with van der Waals surface area (Å²) in [5, 5.41) is 19.5. The molecule has 1 aromatic heterocycles. The molecule has 3 rings (SSSR count). The molecule has 6 nitrogen and oxygen atoms in total. The Morgan fingerprint density at radius 3 is 2.57 bits per heavy atom. The average molecular weight is 398 g/mol. The topological polar surface area (TPSA) is 77.2 Å². The molecule has 1 atom stereocenters. The fourth-order valence-electron chi connectivity index (χ4n) is 2.70. The number of ether oxygens (including phenoxy) is 1. The maximum atomic E-state index is 11.3. The molecule has 0 radical (unpaired) electrons. The number of carbonyl (C=O) groups is 1. The SMILES string of the molecule is CC(=O)c1ccc(OCC(O)CSc2nnc(-c3ccccc3C)n2C)cc1. The summed E-state index contributed by atoms with van der Waals surface area (Å²) < 4.78 is 7.53. The van der Waals surface area contributed by atoms with Gasteiger partial charge < -0.3 is 14.4 Å². The average Bonchev–Trinajstić information content (AvgIpc) is 3.05. The van der Waals surface area contributed by atoms with Gasteiger partial charge in [0, 0.05) is 23.9 Å². The summed E-state index contributed by atoms with van der Waals surface area (Å²) in [6.45, 7) is 3.73. The minimum Gasteiger partial charge on any atom is -0.491 e. The molecule has 2 aromatic carbocycles. The van der Waals surface area contributed by atoms with Gasteiger partial charge in [-0.1, -0.05) is 36.0 Å². The number of Topliss-reactive ketones (excluding diaryl/α,β-unsaturated/α-hetero) is 1. The number of thioether (sulfide) groups is 1. The van der Waals surface area contributed by atoms with Gasteiger partial charge in [-0.25, -0.2) is 0 Å². The molecule has 0 aliphatic heterocycles. The van der Waals surface area contributed by atoms with Gasteiger partial charge in [-0.3, -0.25) is 4.79 Å². The molecule has 0 saturated heterocycles. The Hall–Kier alpha value is -2.64. The molecule has 0 fully saturated rings. The van der Waals surface area contributed by atoms with Crippen LogP contribution in [0.25, 0.3) is 11.4 Å². The van der Waals surface area contributed by atoms with Gasteiger partial charge in [0.15, 0.2) is 16.8 Å². The van der Waals surface area contributed by atoms with Crippen LogP contribution in [0.2, 0.25) is 0 Å². The van der Waals surface area contributed by atoms with E-state index in [1.807, 2.05) is 42.8 Å². The molecule has 1 N–H and O–H groups in total. The molecule has 0 aliphatic carbocycles. The molecular formula is C21H23N3O3S. The monoisotopic (exact) mass is 397 g/mol. The van der Waals surface area contributed by atoms with Crippen LogP contribution >= 0.6 is 11.8 Å². The number of rotatable bonds is 8. The van der Waals surface area contributed by atoms with Crippen LogP contribution in [0.15, 0.2) is 53.7 Å². The van der Waals surface area contributed by atoms with E-state index in [1.54, 1.807) is 24.3 Å². The lowest BCUT2D eigenvalue weighted by atomic mass is 10.1. The van der Waals surface area contributed by atoms with Crippen molar-refractivity contribution in [2.45, 2.75) is 25.1 Å². The van der Waals surface area contributed by atoms with E-state index in [-0.39, 0.29) is 12.4 Å². The van der Waals surface area contributed by atoms with E-state index in [9.17, 15) is 9.90 Å². The maximum absolute atomic E-state index is 11.3. The number of aliphatic hydroxyl groups is 1. The van der Waals surface area contributed by atoms with E-state index in [0.29, 0.717) is 17.1 Å². The number of aryl methyl sites for hydroxylation is 1. The Kier molecular flexibility index (Phi) is 6.49. The molecular weight excluding hydrogens is 374 g/mol. The Bertz CT molecular complexity index is 954. The summed E-state index contributed by atoms with van der Waals surface area (Å²) in [6.07, 6.45) is -0.656. The number of aliphatic hydroxyl groups excluding tert-OH is 1. The Morgan fingerprint density at radius 1 is 1.18 bits per heavy atom. The van der Waals surface area contributed by atoms with E-state index < -0.39 is 6.10 Å². The van der Waals surface area contributed by atoms with Crippen molar-refractivity contribution in [1.82, 2.24) is 14.8 Å². The van der Waals surface area contributed by atoms with E-state index in [1.165, 1.54) is 18.7 Å². The van der Waals surface area contributed by atoms with Gasteiger partial charge in [-0.2, -0.15) is 0 Å². The summed E-state index contributed by atoms with van der Waals surface area (Å²) in [5.41, 5.74) is 2.82. The molecule has 0 amide bonds. The predicted octanol–water partition coefficient (Wildman–Crippen LogP) is 3.53. The van der Waals surface area contributed by atoms with Crippen LogP contribution in [0.3, 0.4) is 0 Å². The van der Waals surface area contributed by atoms with Gasteiger partial charge in [-0.15, -0.1) is 10.2 Å². The molecule has 28 heavy (non-hydrogen) atoms. The van der Waals surface area contributed by atoms with Crippen molar-refractivity contribution in [2.24, 2.45) is 7.05 Å². The number of ketones is 1. The highest BCUT2D eigenvalue weighted by atomic mass is 32.2. The number of hydrogen-bond acceptors (Lipinski definition) is 6. The van der Waals surface area contributed by atoms with E-state index in [0.717, 1.165) is 22.1 Å². The van der Waals surface area contributed by atoms with Gasteiger partial charge in [0.2, 0.25) is 0 Å². The summed E-state index contributed by atoms with van der Waals surface area (Å²) in [7, 11) is 1.92. The van der Waals surface area contributed by atoms with Crippen LogP contribution in [-0.2, 0) is 7.05 Å². The number of benzene rings is 2. The summed E-state index contributed by atoms with van der Waals surface area (Å²) in [6, 6.07) is 14.9. The molecule has 146 valence electrons. The van der Waals surface area contributed by atoms with Crippen molar-refractivity contribution >= 4 is 17.5 Å². The first-order valence-electron chi connectivity index (χ1n) is 8.95. The minimum absolute atomic E-state index is 0.0109. The lowest BCUT2D eigenvalue weighted by Crippen LogP contribution is -2.20. The highest BCUT2D eigenvalue weighted by molar-refractivity contribution is 7.99. The second-order valence-electron chi connectivity index (χ2n) is 6.54. The minimum atomic E-state index is -0.656. The summed E-state index contributed by atoms with van der Waals surface area (Å²) in [5.74, 6) is 1.87. The molecule has 3 aromatic rings. The largest absolute Gasteiger partial charge is 0.491 e. The van der Waals surface area contributed by atoms with Gasteiger partial charge in [-0.05, 0) is 43.7 Å². The summed E-state index contributed by atoms with van der Waals surface area (Å²) in [4.78, 5) is 11.3. The van der Waals surface area contributed by atoms with Crippen molar-refractivity contribution in [3.63, 3.8) is 0 Å². The van der Waals surface area contributed by atoms with Gasteiger partial charge in [0.05, 0.1) is 6.10 Å². The third kappa shape index (κ3) is 4.79. The van der Waals surface area contributed by atoms with Crippen LogP contribution in [0.5, 0.6) is 5.75 Å².